The van der Waals surface area contributed by atoms with Gasteiger partial charge in [0.1, 0.15) is 0 Å². The van der Waals surface area contributed by atoms with Crippen LogP contribution in [0.2, 0.25) is 0 Å². The molecule has 0 spiro atoms. The normalized spacial score (nSPS) is 10.5. The van der Waals surface area contributed by atoms with E-state index in [1.165, 1.54) is 12.1 Å². The lowest BCUT2D eigenvalue weighted by molar-refractivity contribution is 0.111. The van der Waals surface area contributed by atoms with Crippen LogP contribution in [0.1, 0.15) is 29.3 Å². The molecule has 0 unspecified atom stereocenters. The van der Waals surface area contributed by atoms with Gasteiger partial charge in [0.05, 0.1) is 5.56 Å². The van der Waals surface area contributed by atoms with Gasteiger partial charge in [-0.1, -0.05) is 43.7 Å². The Morgan fingerprint density at radius 1 is 1.00 bits per heavy atom. The summed E-state index contributed by atoms with van der Waals surface area (Å²) in [6.45, 7) is 2.08. The summed E-state index contributed by atoms with van der Waals surface area (Å²) in [5.41, 5.74) is 1.68. The molecule has 0 atom stereocenters. The summed E-state index contributed by atoms with van der Waals surface area (Å²) in [5.74, 6) is -2.07. The van der Waals surface area contributed by atoms with Crippen molar-refractivity contribution < 1.29 is 13.6 Å². The number of carbonyl (C=O) groups is 1. The molecule has 0 aliphatic rings. The molecule has 0 N–H and O–H groups in total. The lowest BCUT2D eigenvalue weighted by Gasteiger charge is -2.07. The SMILES string of the molecule is CCCc1ccc(-c2ccc(C=O)c(F)c2F)cc1. The van der Waals surface area contributed by atoms with Gasteiger partial charge in [-0.15, -0.1) is 0 Å². The van der Waals surface area contributed by atoms with Crippen molar-refractivity contribution >= 4 is 6.29 Å². The van der Waals surface area contributed by atoms with Crippen LogP contribution >= 0.6 is 0 Å². The Labute approximate surface area is 110 Å². The van der Waals surface area contributed by atoms with E-state index in [-0.39, 0.29) is 11.1 Å². The fourth-order valence-corrected chi connectivity index (χ4v) is 2.02. The van der Waals surface area contributed by atoms with Gasteiger partial charge in [0, 0.05) is 5.56 Å². The maximum atomic E-state index is 13.8. The third-order valence-electron chi connectivity index (χ3n) is 3.04. The minimum atomic E-state index is -1.09. The first-order chi connectivity index (χ1) is 9.17. The number of carbonyl (C=O) groups excluding carboxylic acids is 1. The molecule has 2 aromatic rings. The van der Waals surface area contributed by atoms with E-state index in [2.05, 4.69) is 6.92 Å². The highest BCUT2D eigenvalue weighted by Crippen LogP contribution is 2.26. The van der Waals surface area contributed by atoms with Gasteiger partial charge >= 0.3 is 0 Å². The summed E-state index contributed by atoms with van der Waals surface area (Å²) in [4.78, 5) is 10.5. The van der Waals surface area contributed by atoms with Crippen LogP contribution < -0.4 is 0 Å². The zero-order valence-electron chi connectivity index (χ0n) is 10.6. The summed E-state index contributed by atoms with van der Waals surface area (Å²) < 4.78 is 27.4. The first kappa shape index (κ1) is 13.4. The molecule has 0 fully saturated rings. The van der Waals surface area contributed by atoms with Gasteiger partial charge in [0.15, 0.2) is 17.9 Å². The van der Waals surface area contributed by atoms with Gasteiger partial charge in [-0.2, -0.15) is 0 Å². The molecule has 98 valence electrons. The van der Waals surface area contributed by atoms with Crippen molar-refractivity contribution in [2.45, 2.75) is 19.8 Å². The molecule has 1 nitrogen and oxygen atoms in total. The highest BCUT2D eigenvalue weighted by atomic mass is 19.2. The monoisotopic (exact) mass is 260 g/mol. The smallest absolute Gasteiger partial charge is 0.169 e. The molecule has 2 rings (SSSR count). The number of benzene rings is 2. The number of halogens is 2. The lowest BCUT2D eigenvalue weighted by atomic mass is 10.0. The number of rotatable bonds is 4. The Morgan fingerprint density at radius 2 is 1.68 bits per heavy atom. The highest BCUT2D eigenvalue weighted by Gasteiger charge is 2.14. The van der Waals surface area contributed by atoms with Gasteiger partial charge in [-0.3, -0.25) is 4.79 Å². The van der Waals surface area contributed by atoms with Gasteiger partial charge in [0.25, 0.3) is 0 Å². The standard InChI is InChI=1S/C16H14F2O/c1-2-3-11-4-6-12(7-5-11)14-9-8-13(10-19)15(17)16(14)18/h4-10H,2-3H2,1H3. The van der Waals surface area contributed by atoms with E-state index in [0.717, 1.165) is 18.4 Å². The maximum absolute atomic E-state index is 13.8. The van der Waals surface area contributed by atoms with Crippen LogP contribution in [0.3, 0.4) is 0 Å². The van der Waals surface area contributed by atoms with Crippen molar-refractivity contribution in [3.05, 3.63) is 59.2 Å². The summed E-state index contributed by atoms with van der Waals surface area (Å²) >= 11 is 0. The molecule has 0 aliphatic carbocycles. The van der Waals surface area contributed by atoms with Crippen LogP contribution in [0.4, 0.5) is 8.78 Å². The average Bonchev–Trinajstić information content (AvgIpc) is 2.43. The summed E-state index contributed by atoms with van der Waals surface area (Å²) in [6.07, 6.45) is 2.31. The molecule has 3 heteroatoms. The largest absolute Gasteiger partial charge is 0.298 e. The fraction of sp³-hybridized carbons (Fsp3) is 0.188. The van der Waals surface area contributed by atoms with Crippen molar-refractivity contribution in [2.75, 3.05) is 0 Å². The minimum Gasteiger partial charge on any atom is -0.298 e. The predicted molar refractivity (Wildman–Crippen MR) is 71.2 cm³/mol. The van der Waals surface area contributed by atoms with Crippen molar-refractivity contribution in [1.82, 2.24) is 0 Å². The van der Waals surface area contributed by atoms with Gasteiger partial charge in [-0.25, -0.2) is 8.78 Å². The van der Waals surface area contributed by atoms with Gasteiger partial charge < -0.3 is 0 Å². The second kappa shape index (κ2) is 5.74. The van der Waals surface area contributed by atoms with Gasteiger partial charge in [0.2, 0.25) is 0 Å². The average molecular weight is 260 g/mol. The summed E-state index contributed by atoms with van der Waals surface area (Å²) in [6, 6.07) is 10.1. The lowest BCUT2D eigenvalue weighted by Crippen LogP contribution is -1.96. The molecule has 2 aromatic carbocycles. The van der Waals surface area contributed by atoms with Crippen molar-refractivity contribution in [1.29, 1.82) is 0 Å². The van der Waals surface area contributed by atoms with Crippen molar-refractivity contribution in [3.63, 3.8) is 0 Å². The fourth-order valence-electron chi connectivity index (χ4n) is 2.02. The van der Waals surface area contributed by atoms with Crippen LogP contribution in [-0.2, 0) is 6.42 Å². The van der Waals surface area contributed by atoms with E-state index in [9.17, 15) is 13.6 Å². The molecule has 0 heterocycles. The van der Waals surface area contributed by atoms with E-state index in [4.69, 9.17) is 0 Å². The molecule has 19 heavy (non-hydrogen) atoms. The minimum absolute atomic E-state index is 0.172. The van der Waals surface area contributed by atoms with Crippen LogP contribution in [-0.4, -0.2) is 6.29 Å². The van der Waals surface area contributed by atoms with Crippen LogP contribution in [0, 0.1) is 11.6 Å². The zero-order valence-corrected chi connectivity index (χ0v) is 10.6. The third-order valence-corrected chi connectivity index (χ3v) is 3.04. The van der Waals surface area contributed by atoms with Crippen molar-refractivity contribution in [2.24, 2.45) is 0 Å². The number of aryl methyl sites for hydroxylation is 1. The van der Waals surface area contributed by atoms with E-state index in [0.29, 0.717) is 11.8 Å². The molecule has 0 aliphatic heterocycles. The molecular formula is C16H14F2O. The quantitative estimate of drug-likeness (QED) is 0.745. The van der Waals surface area contributed by atoms with Crippen LogP contribution in [0.25, 0.3) is 11.1 Å². The van der Waals surface area contributed by atoms with Gasteiger partial charge in [-0.05, 0) is 23.6 Å². The summed E-state index contributed by atoms with van der Waals surface area (Å²) in [7, 11) is 0. The molecular weight excluding hydrogens is 246 g/mol. The van der Waals surface area contributed by atoms with E-state index >= 15 is 0 Å². The second-order valence-corrected chi connectivity index (χ2v) is 4.40. The first-order valence-corrected chi connectivity index (χ1v) is 6.20. The maximum Gasteiger partial charge on any atom is 0.169 e. The van der Waals surface area contributed by atoms with Crippen molar-refractivity contribution in [3.8, 4) is 11.1 Å². The highest BCUT2D eigenvalue weighted by molar-refractivity contribution is 5.77. The topological polar surface area (TPSA) is 17.1 Å². The van der Waals surface area contributed by atoms with E-state index in [1.807, 2.05) is 12.1 Å². The first-order valence-electron chi connectivity index (χ1n) is 6.20. The molecule has 0 aromatic heterocycles. The Morgan fingerprint density at radius 3 is 2.26 bits per heavy atom. The third kappa shape index (κ3) is 2.70. The Bertz CT molecular complexity index is 588. The molecule has 0 bridgehead atoms. The summed E-state index contributed by atoms with van der Waals surface area (Å²) in [5, 5.41) is 0. The van der Waals surface area contributed by atoms with Crippen LogP contribution in [0.5, 0.6) is 0 Å². The number of hydrogen-bond acceptors (Lipinski definition) is 1. The Hall–Kier alpha value is -2.03. The zero-order chi connectivity index (χ0) is 13.8. The van der Waals surface area contributed by atoms with E-state index < -0.39 is 11.6 Å². The molecule has 0 saturated carbocycles. The van der Waals surface area contributed by atoms with Crippen LogP contribution in [0.15, 0.2) is 36.4 Å². The second-order valence-electron chi connectivity index (χ2n) is 4.40. The molecule has 0 radical (unpaired) electrons. The predicted octanol–water partition coefficient (Wildman–Crippen LogP) is 4.40. The Kier molecular flexibility index (Phi) is 4.05. The number of aldehydes is 1. The number of hydrogen-bond donors (Lipinski definition) is 0. The molecule has 0 saturated heterocycles. The Balaban J connectivity index is 2.41. The van der Waals surface area contributed by atoms with E-state index in [1.54, 1.807) is 12.1 Å². The molecule has 0 amide bonds.